The van der Waals surface area contributed by atoms with E-state index in [0.29, 0.717) is 0 Å². The van der Waals surface area contributed by atoms with E-state index in [9.17, 15) is 17.3 Å². The molecule has 0 atom stereocenters. The average molecular weight is 244 g/mol. The second-order valence-corrected chi connectivity index (χ2v) is 3.48. The minimum atomic E-state index is -5.25. The van der Waals surface area contributed by atoms with Crippen molar-refractivity contribution in [3.05, 3.63) is 29.6 Å². The standard InChI is InChI=1S/C9H10BF4.K/c1-6(2)7-4-3-5-8(9(7)11)10(12,13)14;/h3-6H,1-2H3;/q-1;+1. The molecule has 0 aromatic heterocycles. The van der Waals surface area contributed by atoms with E-state index in [1.165, 1.54) is 12.1 Å². The molecule has 0 spiro atoms. The van der Waals surface area contributed by atoms with Crippen LogP contribution in [0, 0.1) is 5.82 Å². The Labute approximate surface area is 129 Å². The van der Waals surface area contributed by atoms with Gasteiger partial charge < -0.3 is 12.9 Å². The fourth-order valence-electron chi connectivity index (χ4n) is 1.27. The molecular weight excluding hydrogens is 234 g/mol. The van der Waals surface area contributed by atoms with Crippen LogP contribution in [-0.4, -0.2) is 6.98 Å². The Bertz CT molecular complexity index is 335. The first-order valence-electron chi connectivity index (χ1n) is 4.32. The van der Waals surface area contributed by atoms with Crippen LogP contribution in [0.15, 0.2) is 18.2 Å². The Morgan fingerprint density at radius 1 is 1.13 bits per heavy atom. The van der Waals surface area contributed by atoms with Crippen LogP contribution in [0.3, 0.4) is 0 Å². The molecule has 0 bridgehead atoms. The fraction of sp³-hybridized carbons (Fsp3) is 0.333. The van der Waals surface area contributed by atoms with Gasteiger partial charge in [-0.15, -0.1) is 0 Å². The molecule has 1 rings (SSSR count). The summed E-state index contributed by atoms with van der Waals surface area (Å²) < 4.78 is 50.3. The van der Waals surface area contributed by atoms with Crippen molar-refractivity contribution < 1.29 is 68.7 Å². The first kappa shape index (κ1) is 15.6. The first-order chi connectivity index (χ1) is 6.34. The van der Waals surface area contributed by atoms with Gasteiger partial charge in [0.05, 0.1) is 5.82 Å². The summed E-state index contributed by atoms with van der Waals surface area (Å²) in [6.45, 7) is -1.94. The van der Waals surface area contributed by atoms with Crippen molar-refractivity contribution in [1.29, 1.82) is 0 Å². The van der Waals surface area contributed by atoms with Gasteiger partial charge in [0.1, 0.15) is 0 Å². The molecular formula is C9H10BF4K. The van der Waals surface area contributed by atoms with Crippen LogP contribution in [-0.2, 0) is 0 Å². The maximum absolute atomic E-state index is 13.3. The molecule has 1 aromatic rings. The quantitative estimate of drug-likeness (QED) is 0.507. The van der Waals surface area contributed by atoms with Crippen molar-refractivity contribution in [3.63, 3.8) is 0 Å². The van der Waals surface area contributed by atoms with Crippen molar-refractivity contribution in [2.24, 2.45) is 0 Å². The zero-order valence-corrected chi connectivity index (χ0v) is 12.0. The molecule has 78 valence electrons. The van der Waals surface area contributed by atoms with Gasteiger partial charge in [-0.25, -0.2) is 4.39 Å². The Morgan fingerprint density at radius 2 is 1.67 bits per heavy atom. The molecule has 0 nitrogen and oxygen atoms in total. The first-order valence-corrected chi connectivity index (χ1v) is 4.32. The number of rotatable bonds is 2. The van der Waals surface area contributed by atoms with E-state index in [0.717, 1.165) is 6.07 Å². The van der Waals surface area contributed by atoms with Crippen molar-refractivity contribution in [2.75, 3.05) is 0 Å². The Hall–Kier alpha value is 0.641. The van der Waals surface area contributed by atoms with Crippen molar-refractivity contribution in [1.82, 2.24) is 0 Å². The molecule has 0 radical (unpaired) electrons. The maximum atomic E-state index is 13.3. The maximum Gasteiger partial charge on any atom is 1.00 e. The second kappa shape index (κ2) is 5.82. The van der Waals surface area contributed by atoms with Gasteiger partial charge in [-0.05, 0) is 11.5 Å². The molecule has 6 heteroatoms. The van der Waals surface area contributed by atoms with E-state index >= 15 is 0 Å². The number of halogens is 4. The molecule has 0 fully saturated rings. The van der Waals surface area contributed by atoms with Gasteiger partial charge >= 0.3 is 58.4 Å². The van der Waals surface area contributed by atoms with Crippen molar-refractivity contribution in [3.8, 4) is 0 Å². The van der Waals surface area contributed by atoms with E-state index in [4.69, 9.17) is 0 Å². The van der Waals surface area contributed by atoms with E-state index in [-0.39, 0.29) is 62.9 Å². The number of hydrogen-bond donors (Lipinski definition) is 0. The third-order valence-corrected chi connectivity index (χ3v) is 2.03. The van der Waals surface area contributed by atoms with Crippen LogP contribution in [0.25, 0.3) is 0 Å². The summed E-state index contributed by atoms with van der Waals surface area (Å²) >= 11 is 0. The Kier molecular flexibility index (Phi) is 6.07. The summed E-state index contributed by atoms with van der Waals surface area (Å²) in [5.41, 5.74) is -1.02. The molecule has 0 amide bonds. The van der Waals surface area contributed by atoms with Crippen molar-refractivity contribution >= 4 is 12.4 Å². The third-order valence-electron chi connectivity index (χ3n) is 2.03. The van der Waals surface area contributed by atoms with Gasteiger partial charge in [0.25, 0.3) is 0 Å². The summed E-state index contributed by atoms with van der Waals surface area (Å²) in [4.78, 5) is 0. The largest absolute Gasteiger partial charge is 1.00 e. The normalized spacial score (nSPS) is 11.4. The predicted molar refractivity (Wildman–Crippen MR) is 49.2 cm³/mol. The molecule has 0 N–H and O–H groups in total. The van der Waals surface area contributed by atoms with Gasteiger partial charge in [0, 0.05) is 0 Å². The monoisotopic (exact) mass is 244 g/mol. The molecule has 1 aromatic carbocycles. The van der Waals surface area contributed by atoms with Gasteiger partial charge in [-0.1, -0.05) is 37.5 Å². The summed E-state index contributed by atoms with van der Waals surface area (Å²) in [6, 6.07) is 3.40. The smallest absolute Gasteiger partial charge is 0.445 e. The molecule has 0 heterocycles. The molecule has 0 aliphatic carbocycles. The van der Waals surface area contributed by atoms with Crippen LogP contribution in [0.2, 0.25) is 0 Å². The van der Waals surface area contributed by atoms with E-state index in [1.807, 2.05) is 0 Å². The Morgan fingerprint density at radius 3 is 2.07 bits per heavy atom. The number of hydrogen-bond acceptors (Lipinski definition) is 0. The minimum Gasteiger partial charge on any atom is -0.445 e. The fourth-order valence-corrected chi connectivity index (χ4v) is 1.27. The van der Waals surface area contributed by atoms with Crippen LogP contribution in [0.5, 0.6) is 0 Å². The Balaban J connectivity index is 0.00000196. The zero-order valence-electron chi connectivity index (χ0n) is 8.90. The summed E-state index contributed by atoms with van der Waals surface area (Å²) in [5, 5.41) is 0. The van der Waals surface area contributed by atoms with E-state index in [2.05, 4.69) is 0 Å². The van der Waals surface area contributed by atoms with Gasteiger partial charge in [0.2, 0.25) is 0 Å². The van der Waals surface area contributed by atoms with Crippen LogP contribution >= 0.6 is 0 Å². The molecule has 0 unspecified atom stereocenters. The molecule has 0 saturated carbocycles. The summed E-state index contributed by atoms with van der Waals surface area (Å²) in [6.07, 6.45) is 0. The second-order valence-electron chi connectivity index (χ2n) is 3.48. The molecule has 0 aliphatic rings. The van der Waals surface area contributed by atoms with Gasteiger partial charge in [-0.3, -0.25) is 0 Å². The van der Waals surface area contributed by atoms with Gasteiger partial charge in [-0.2, -0.15) is 0 Å². The topological polar surface area (TPSA) is 0 Å². The van der Waals surface area contributed by atoms with Gasteiger partial charge in [0.15, 0.2) is 0 Å². The SMILES string of the molecule is CC(C)c1cccc([B-](F)(F)F)c1F.[K+]. The molecule has 15 heavy (non-hydrogen) atoms. The van der Waals surface area contributed by atoms with Crippen LogP contribution < -0.4 is 56.8 Å². The predicted octanol–water partition coefficient (Wildman–Crippen LogP) is 0.00750. The zero-order chi connectivity index (χ0) is 10.9. The molecule has 0 saturated heterocycles. The van der Waals surface area contributed by atoms with E-state index < -0.39 is 18.3 Å². The number of benzene rings is 1. The van der Waals surface area contributed by atoms with Crippen LogP contribution in [0.4, 0.5) is 17.3 Å². The van der Waals surface area contributed by atoms with Crippen LogP contribution in [0.1, 0.15) is 25.3 Å². The third kappa shape index (κ3) is 3.85. The average Bonchev–Trinajstić information content (AvgIpc) is 2.01. The molecule has 0 aliphatic heterocycles. The van der Waals surface area contributed by atoms with Crippen molar-refractivity contribution in [2.45, 2.75) is 19.8 Å². The van der Waals surface area contributed by atoms with E-state index in [1.54, 1.807) is 13.8 Å². The summed E-state index contributed by atoms with van der Waals surface area (Å²) in [7, 11) is 0. The minimum absolute atomic E-state index is 0. The summed E-state index contributed by atoms with van der Waals surface area (Å²) in [5.74, 6) is -1.37.